The van der Waals surface area contributed by atoms with Crippen molar-refractivity contribution >= 4 is 16.3 Å². The molecule has 0 bridgehead atoms. The SMILES string of the molecule is CCCCCCCC/C=C/CC/C=C/CC/C=C/C(O)C(COC1OC(CO)C(O)C(OS(=O)(=O)O)C1O)NC(=O)C(O)CCCCCCCCCCCCC. The summed E-state index contributed by atoms with van der Waals surface area (Å²) in [6.07, 6.45) is 25.2. The lowest BCUT2D eigenvalue weighted by Gasteiger charge is -2.41. The third-order valence-electron chi connectivity index (χ3n) is 10.0. The van der Waals surface area contributed by atoms with Crippen LogP contribution >= 0.6 is 0 Å². The van der Waals surface area contributed by atoms with Gasteiger partial charge in [-0.3, -0.25) is 9.35 Å². The summed E-state index contributed by atoms with van der Waals surface area (Å²) in [5.74, 6) is -0.719. The van der Waals surface area contributed by atoms with Gasteiger partial charge in [-0.15, -0.1) is 0 Å². The maximum absolute atomic E-state index is 13.0. The van der Waals surface area contributed by atoms with E-state index in [-0.39, 0.29) is 6.42 Å². The Morgan fingerprint density at radius 3 is 1.71 bits per heavy atom. The Hall–Kier alpha value is -1.72. The number of ether oxygens (including phenoxy) is 2. The summed E-state index contributed by atoms with van der Waals surface area (Å²) in [4.78, 5) is 13.0. The Morgan fingerprint density at radius 2 is 1.20 bits per heavy atom. The van der Waals surface area contributed by atoms with Crippen LogP contribution in [0.25, 0.3) is 0 Å². The summed E-state index contributed by atoms with van der Waals surface area (Å²) in [6, 6.07) is -1.14. The third-order valence-corrected chi connectivity index (χ3v) is 10.5. The van der Waals surface area contributed by atoms with Gasteiger partial charge in [-0.2, -0.15) is 8.42 Å². The monoisotopic (exact) mass is 820 g/mol. The average Bonchev–Trinajstić information content (AvgIpc) is 3.16. The first kappa shape index (κ1) is 52.3. The molecule has 0 saturated carbocycles. The van der Waals surface area contributed by atoms with Gasteiger partial charge in [-0.25, -0.2) is 4.18 Å². The molecule has 1 saturated heterocycles. The Labute approximate surface area is 337 Å². The molecule has 1 heterocycles. The summed E-state index contributed by atoms with van der Waals surface area (Å²) >= 11 is 0. The number of hydrogen-bond acceptors (Lipinski definition) is 11. The summed E-state index contributed by atoms with van der Waals surface area (Å²) in [6.45, 7) is 3.15. The Bertz CT molecular complexity index is 1170. The molecule has 0 radical (unpaired) electrons. The lowest BCUT2D eigenvalue weighted by atomic mass is 9.99. The first-order chi connectivity index (χ1) is 26.9. The maximum Gasteiger partial charge on any atom is 0.397 e. The van der Waals surface area contributed by atoms with Gasteiger partial charge < -0.3 is 40.3 Å². The van der Waals surface area contributed by atoms with Crippen LogP contribution < -0.4 is 5.32 Å². The predicted molar refractivity (Wildman–Crippen MR) is 219 cm³/mol. The summed E-state index contributed by atoms with van der Waals surface area (Å²) in [5.41, 5.74) is 0. The molecule has 0 aliphatic carbocycles. The van der Waals surface area contributed by atoms with Crippen LogP contribution in [0.3, 0.4) is 0 Å². The van der Waals surface area contributed by atoms with Crippen LogP contribution in [-0.4, -0.2) is 107 Å². The second kappa shape index (κ2) is 33.1. The van der Waals surface area contributed by atoms with Crippen LogP contribution in [0.4, 0.5) is 0 Å². The van der Waals surface area contributed by atoms with Crippen molar-refractivity contribution in [3.8, 4) is 0 Å². The van der Waals surface area contributed by atoms with Crippen LogP contribution in [0.15, 0.2) is 36.5 Å². The molecule has 1 amide bonds. The minimum Gasteiger partial charge on any atom is -0.394 e. The van der Waals surface area contributed by atoms with E-state index in [1.807, 2.05) is 0 Å². The van der Waals surface area contributed by atoms with Gasteiger partial charge in [0.2, 0.25) is 5.91 Å². The molecule has 328 valence electrons. The highest BCUT2D eigenvalue weighted by Crippen LogP contribution is 2.26. The zero-order valence-corrected chi connectivity index (χ0v) is 35.1. The zero-order chi connectivity index (χ0) is 41.4. The minimum absolute atomic E-state index is 0.235. The predicted octanol–water partition coefficient (Wildman–Crippen LogP) is 6.52. The van der Waals surface area contributed by atoms with E-state index in [2.05, 4.69) is 47.7 Å². The van der Waals surface area contributed by atoms with Crippen LogP contribution in [0.1, 0.15) is 162 Å². The molecule has 1 fully saturated rings. The van der Waals surface area contributed by atoms with Crippen molar-refractivity contribution in [1.82, 2.24) is 5.32 Å². The fraction of sp³-hybridized carbons (Fsp3) is 0.833. The maximum atomic E-state index is 13.0. The molecule has 0 spiro atoms. The molecular weight excluding hydrogens is 743 g/mol. The molecular formula is C42H77NO12S. The first-order valence-electron chi connectivity index (χ1n) is 21.5. The molecule has 0 aromatic carbocycles. The topological polar surface area (TPSA) is 212 Å². The van der Waals surface area contributed by atoms with E-state index in [9.17, 15) is 38.7 Å². The lowest BCUT2D eigenvalue weighted by molar-refractivity contribution is -0.298. The minimum atomic E-state index is -5.12. The van der Waals surface area contributed by atoms with E-state index in [0.29, 0.717) is 12.8 Å². The summed E-state index contributed by atoms with van der Waals surface area (Å²) in [7, 11) is -5.12. The van der Waals surface area contributed by atoms with E-state index in [0.717, 1.165) is 44.9 Å². The lowest BCUT2D eigenvalue weighted by Crippen LogP contribution is -2.61. The van der Waals surface area contributed by atoms with E-state index in [1.54, 1.807) is 6.08 Å². The fourth-order valence-electron chi connectivity index (χ4n) is 6.55. The number of unbranched alkanes of at least 4 members (excludes halogenated alkanes) is 18. The van der Waals surface area contributed by atoms with Crippen molar-refractivity contribution in [2.24, 2.45) is 0 Å². The molecule has 14 heteroatoms. The van der Waals surface area contributed by atoms with Gasteiger partial charge in [0, 0.05) is 0 Å². The number of aliphatic hydroxyl groups excluding tert-OH is 5. The van der Waals surface area contributed by atoms with Gasteiger partial charge in [0.05, 0.1) is 25.4 Å². The van der Waals surface area contributed by atoms with E-state index < -0.39 is 78.5 Å². The van der Waals surface area contributed by atoms with Crippen molar-refractivity contribution < 1.29 is 57.0 Å². The largest absolute Gasteiger partial charge is 0.397 e. The smallest absolute Gasteiger partial charge is 0.394 e. The number of rotatable bonds is 35. The Balaban J connectivity index is 2.69. The molecule has 8 unspecified atom stereocenters. The molecule has 56 heavy (non-hydrogen) atoms. The Kier molecular flexibility index (Phi) is 31.0. The van der Waals surface area contributed by atoms with Gasteiger partial charge in [0.15, 0.2) is 6.29 Å². The van der Waals surface area contributed by atoms with E-state index in [1.165, 1.54) is 89.5 Å². The average molecular weight is 820 g/mol. The molecule has 7 N–H and O–H groups in total. The number of hydrogen-bond donors (Lipinski definition) is 7. The highest BCUT2D eigenvalue weighted by Gasteiger charge is 2.48. The molecule has 13 nitrogen and oxygen atoms in total. The van der Waals surface area contributed by atoms with Gasteiger partial charge in [0.1, 0.15) is 30.5 Å². The second-order valence-corrected chi connectivity index (χ2v) is 16.1. The number of allylic oxidation sites excluding steroid dienone is 5. The number of aliphatic hydroxyl groups is 5. The van der Waals surface area contributed by atoms with Crippen LogP contribution in [0, 0.1) is 0 Å². The summed E-state index contributed by atoms with van der Waals surface area (Å²) < 4.78 is 47.3. The molecule has 0 aromatic heterocycles. The van der Waals surface area contributed by atoms with Gasteiger partial charge in [0.25, 0.3) is 0 Å². The third kappa shape index (κ3) is 25.6. The number of carbonyl (C=O) groups excluding carboxylic acids is 1. The quantitative estimate of drug-likeness (QED) is 0.0207. The van der Waals surface area contributed by atoms with Gasteiger partial charge in [-0.05, 0) is 44.9 Å². The van der Waals surface area contributed by atoms with Crippen molar-refractivity contribution in [1.29, 1.82) is 0 Å². The molecule has 1 aliphatic heterocycles. The molecule has 8 atom stereocenters. The highest BCUT2D eigenvalue weighted by molar-refractivity contribution is 7.80. The van der Waals surface area contributed by atoms with Crippen LogP contribution in [0.2, 0.25) is 0 Å². The van der Waals surface area contributed by atoms with Gasteiger partial charge in [-0.1, -0.05) is 153 Å². The number of nitrogens with one attached hydrogen (secondary N) is 1. The van der Waals surface area contributed by atoms with Crippen molar-refractivity contribution in [2.75, 3.05) is 13.2 Å². The summed E-state index contributed by atoms with van der Waals surface area (Å²) in [5, 5.41) is 55.0. The van der Waals surface area contributed by atoms with Crippen molar-refractivity contribution in [3.63, 3.8) is 0 Å². The van der Waals surface area contributed by atoms with Crippen molar-refractivity contribution in [2.45, 2.75) is 210 Å². The van der Waals surface area contributed by atoms with Crippen molar-refractivity contribution in [3.05, 3.63) is 36.5 Å². The normalized spacial score (nSPS) is 22.3. The molecule has 1 aliphatic rings. The standard InChI is InChI=1S/C42H77NO12S/c1-3-5-7-9-11-13-15-16-17-18-19-21-22-24-26-28-30-35(45)34(33-53-42-39(48)40(55-56(50,51)52)38(47)37(32-44)54-42)43-41(49)36(46)31-29-27-25-23-20-14-12-10-8-6-4-2/h16-17,21-22,28,30,34-40,42,44-48H,3-15,18-20,23-27,29,31-33H2,1-2H3,(H,43,49)(H,50,51,52)/b17-16+,22-21+,30-28+. The number of carbonyl (C=O) groups is 1. The molecule has 1 rings (SSSR count). The first-order valence-corrected chi connectivity index (χ1v) is 22.8. The van der Waals surface area contributed by atoms with Crippen LogP contribution in [0.5, 0.6) is 0 Å². The Morgan fingerprint density at radius 1 is 0.714 bits per heavy atom. The van der Waals surface area contributed by atoms with E-state index >= 15 is 0 Å². The van der Waals surface area contributed by atoms with Gasteiger partial charge >= 0.3 is 10.4 Å². The number of amides is 1. The van der Waals surface area contributed by atoms with E-state index in [4.69, 9.17) is 14.0 Å². The highest BCUT2D eigenvalue weighted by atomic mass is 32.3. The molecule has 0 aromatic rings. The fourth-order valence-corrected chi connectivity index (χ4v) is 7.06. The zero-order valence-electron chi connectivity index (χ0n) is 34.3. The second-order valence-electron chi connectivity index (χ2n) is 15.1. The van der Waals surface area contributed by atoms with Crippen LogP contribution in [-0.2, 0) is 28.9 Å².